The lowest BCUT2D eigenvalue weighted by molar-refractivity contribution is -0.458. The van der Waals surface area contributed by atoms with E-state index < -0.39 is 5.60 Å². The van der Waals surface area contributed by atoms with Gasteiger partial charge in [-0.3, -0.25) is 0 Å². The molecule has 0 aliphatic heterocycles. The van der Waals surface area contributed by atoms with E-state index in [1.165, 1.54) is 0 Å². The molecule has 0 bridgehead atoms. The summed E-state index contributed by atoms with van der Waals surface area (Å²) in [5.41, 5.74) is 4.04. The molecule has 0 spiro atoms. The molecule has 12 heavy (non-hydrogen) atoms. The van der Waals surface area contributed by atoms with Crippen LogP contribution in [0.5, 0.6) is 0 Å². The van der Waals surface area contributed by atoms with Gasteiger partial charge in [0.15, 0.2) is 0 Å². The Morgan fingerprint density at radius 2 is 1.42 bits per heavy atom. The minimum Gasteiger partial charge on any atom is -0.850 e. The molecule has 0 heterocycles. The lowest BCUT2D eigenvalue weighted by Crippen LogP contribution is -2.39. The zero-order chi connectivity index (χ0) is 9.61. The molecule has 1 rings (SSSR count). The van der Waals surface area contributed by atoms with E-state index in [4.69, 9.17) is 0 Å². The van der Waals surface area contributed by atoms with E-state index in [9.17, 15) is 5.11 Å². The first-order valence-corrected chi connectivity index (χ1v) is 3.97. The first kappa shape index (κ1) is 11.1. The van der Waals surface area contributed by atoms with Crippen molar-refractivity contribution >= 4 is 5.69 Å². The van der Waals surface area contributed by atoms with Crippen molar-refractivity contribution in [3.05, 3.63) is 30.3 Å². The number of hydrogen-bond donors (Lipinski definition) is 1. The predicted molar refractivity (Wildman–Crippen MR) is 48.7 cm³/mol. The van der Waals surface area contributed by atoms with E-state index in [1.807, 2.05) is 30.3 Å². The van der Waals surface area contributed by atoms with E-state index in [2.05, 4.69) is 5.73 Å². The van der Waals surface area contributed by atoms with Crippen LogP contribution in [-0.4, -0.2) is 5.60 Å². The molecule has 0 aromatic heterocycles. The Kier molecular flexibility index (Phi) is 4.55. The Balaban J connectivity index is 0.000000217. The summed E-state index contributed by atoms with van der Waals surface area (Å²) in [7, 11) is 0. The molecule has 0 saturated carbocycles. The van der Waals surface area contributed by atoms with Crippen LogP contribution in [0.15, 0.2) is 30.3 Å². The zero-order valence-electron chi connectivity index (χ0n) is 8.00. The number of benzene rings is 1. The summed E-state index contributed by atoms with van der Waals surface area (Å²) >= 11 is 0. The summed E-state index contributed by atoms with van der Waals surface area (Å²) in [5, 5.41) is 10.1. The van der Waals surface area contributed by atoms with Gasteiger partial charge in [0.1, 0.15) is 5.69 Å². The van der Waals surface area contributed by atoms with Crippen LogP contribution >= 0.6 is 0 Å². The van der Waals surface area contributed by atoms with Gasteiger partial charge in [0, 0.05) is 0 Å². The quantitative estimate of drug-likeness (QED) is 0.607. The van der Waals surface area contributed by atoms with Crippen LogP contribution < -0.4 is 10.8 Å². The van der Waals surface area contributed by atoms with Crippen LogP contribution in [0.1, 0.15) is 20.8 Å². The lowest BCUT2D eigenvalue weighted by atomic mass is 10.2. The van der Waals surface area contributed by atoms with Gasteiger partial charge < -0.3 is 10.8 Å². The Bertz CT molecular complexity index is 195. The fraction of sp³-hybridized carbons (Fsp3) is 0.400. The van der Waals surface area contributed by atoms with Crippen LogP contribution in [0.25, 0.3) is 0 Å². The molecule has 0 atom stereocenters. The number of hydrogen-bond acceptors (Lipinski definition) is 1. The molecule has 0 fully saturated rings. The van der Waals surface area contributed by atoms with Crippen molar-refractivity contribution in [1.29, 1.82) is 0 Å². The van der Waals surface area contributed by atoms with E-state index in [1.54, 1.807) is 20.8 Å². The first-order valence-electron chi connectivity index (χ1n) is 3.97. The van der Waals surface area contributed by atoms with Crippen molar-refractivity contribution in [2.24, 2.45) is 0 Å². The first-order chi connectivity index (χ1) is 5.39. The van der Waals surface area contributed by atoms with Crippen molar-refractivity contribution in [2.45, 2.75) is 26.4 Å². The van der Waals surface area contributed by atoms with Crippen LogP contribution in [0.4, 0.5) is 5.69 Å². The Morgan fingerprint density at radius 3 is 1.58 bits per heavy atom. The summed E-state index contributed by atoms with van der Waals surface area (Å²) in [4.78, 5) is 0. The largest absolute Gasteiger partial charge is 0.850 e. The monoisotopic (exact) mass is 167 g/mol. The van der Waals surface area contributed by atoms with Gasteiger partial charge in [-0.2, -0.15) is 0 Å². The second kappa shape index (κ2) is 4.91. The highest BCUT2D eigenvalue weighted by atomic mass is 16.3. The summed E-state index contributed by atoms with van der Waals surface area (Å²) in [6.45, 7) is 4.90. The highest BCUT2D eigenvalue weighted by Gasteiger charge is 1.83. The smallest absolute Gasteiger partial charge is 0.127 e. The molecule has 2 nitrogen and oxygen atoms in total. The third kappa shape index (κ3) is 11.9. The van der Waals surface area contributed by atoms with E-state index >= 15 is 0 Å². The lowest BCUT2D eigenvalue weighted by Gasteiger charge is -2.23. The van der Waals surface area contributed by atoms with E-state index in [0.717, 1.165) is 5.69 Å². The molecule has 0 aliphatic carbocycles. The number of rotatable bonds is 0. The Morgan fingerprint density at radius 1 is 1.08 bits per heavy atom. The highest BCUT2D eigenvalue weighted by molar-refractivity contribution is 5.25. The Labute approximate surface area is 74.0 Å². The molecular weight excluding hydrogens is 150 g/mol. The SMILES string of the molecule is CC(C)(C)[O-].[NH3+]c1ccccc1. The topological polar surface area (TPSA) is 50.7 Å². The molecule has 0 saturated heterocycles. The fourth-order valence-electron chi connectivity index (χ4n) is 0.478. The summed E-state index contributed by atoms with van der Waals surface area (Å²) < 4.78 is 0. The minimum absolute atomic E-state index is 0.750. The third-order valence-electron chi connectivity index (χ3n) is 0.843. The molecule has 0 amide bonds. The van der Waals surface area contributed by atoms with Gasteiger partial charge in [0.25, 0.3) is 0 Å². The van der Waals surface area contributed by atoms with Crippen LogP contribution in [0.2, 0.25) is 0 Å². The average molecular weight is 167 g/mol. The van der Waals surface area contributed by atoms with E-state index in [0.29, 0.717) is 0 Å². The maximum atomic E-state index is 10.1. The predicted octanol–water partition coefficient (Wildman–Crippen LogP) is 0.705. The van der Waals surface area contributed by atoms with Gasteiger partial charge in [-0.05, 0) is 12.1 Å². The third-order valence-corrected chi connectivity index (χ3v) is 0.843. The maximum Gasteiger partial charge on any atom is 0.127 e. The van der Waals surface area contributed by atoms with Gasteiger partial charge in [0.2, 0.25) is 0 Å². The normalized spacial score (nSPS) is 10.1. The average Bonchev–Trinajstić information content (AvgIpc) is 1.85. The molecule has 68 valence electrons. The minimum atomic E-state index is -0.750. The van der Waals surface area contributed by atoms with E-state index in [-0.39, 0.29) is 0 Å². The van der Waals surface area contributed by atoms with Gasteiger partial charge in [-0.15, -0.1) is 5.60 Å². The van der Waals surface area contributed by atoms with Gasteiger partial charge in [-0.1, -0.05) is 39.0 Å². The van der Waals surface area contributed by atoms with Crippen LogP contribution in [0, 0.1) is 0 Å². The second-order valence-electron chi connectivity index (χ2n) is 3.60. The van der Waals surface area contributed by atoms with Gasteiger partial charge >= 0.3 is 0 Å². The van der Waals surface area contributed by atoms with Crippen molar-refractivity contribution in [3.8, 4) is 0 Å². The van der Waals surface area contributed by atoms with Crippen molar-refractivity contribution < 1.29 is 10.8 Å². The molecule has 0 aliphatic rings. The van der Waals surface area contributed by atoms with Crippen LogP contribution in [0.3, 0.4) is 0 Å². The van der Waals surface area contributed by atoms with Crippen molar-refractivity contribution in [2.75, 3.05) is 0 Å². The fourth-order valence-corrected chi connectivity index (χ4v) is 0.478. The summed E-state index contributed by atoms with van der Waals surface area (Å²) in [6.07, 6.45) is 0. The maximum absolute atomic E-state index is 10.1. The Hall–Kier alpha value is -0.860. The van der Waals surface area contributed by atoms with Crippen molar-refractivity contribution in [3.63, 3.8) is 0 Å². The number of quaternary nitrogens is 1. The van der Waals surface area contributed by atoms with Crippen molar-refractivity contribution in [1.82, 2.24) is 0 Å². The molecular formula is C10H17NO. The van der Waals surface area contributed by atoms with Gasteiger partial charge in [-0.25, -0.2) is 0 Å². The standard InChI is InChI=1S/C6H7N.C4H9O/c7-6-4-2-1-3-5-6;1-4(2,3)5/h1-5H,7H2;1-3H3/q;-1/p+1. The molecule has 0 unspecified atom stereocenters. The van der Waals surface area contributed by atoms with Crippen LogP contribution in [-0.2, 0) is 0 Å². The molecule has 0 radical (unpaired) electrons. The molecule has 1 aromatic carbocycles. The highest BCUT2D eigenvalue weighted by Crippen LogP contribution is 1.93. The zero-order valence-corrected chi connectivity index (χ0v) is 8.00. The summed E-state index contributed by atoms with van der Waals surface area (Å²) in [5.74, 6) is 0. The van der Waals surface area contributed by atoms with Gasteiger partial charge in [0.05, 0.1) is 0 Å². The molecule has 3 N–H and O–H groups in total. The summed E-state index contributed by atoms with van der Waals surface area (Å²) in [6, 6.07) is 9.87. The molecule has 1 aromatic rings. The second-order valence-corrected chi connectivity index (χ2v) is 3.60. The molecule has 2 heteroatoms.